The van der Waals surface area contributed by atoms with Crippen LogP contribution < -0.4 is 0 Å². The van der Waals surface area contributed by atoms with Gasteiger partial charge in [-0.25, -0.2) is 13.2 Å². The second kappa shape index (κ2) is 3.43. The molecule has 0 aliphatic carbocycles. The summed E-state index contributed by atoms with van der Waals surface area (Å²) in [5, 5.41) is 0. The van der Waals surface area contributed by atoms with E-state index < -0.39 is 30.0 Å². The van der Waals surface area contributed by atoms with E-state index in [2.05, 4.69) is 6.58 Å². The SMILES string of the molecule is C=CC(F)(F)C(F)(F)C(F)C(C)(F)F. The fourth-order valence-electron chi connectivity index (χ4n) is 0.623. The van der Waals surface area contributed by atoms with Gasteiger partial charge < -0.3 is 0 Å². The van der Waals surface area contributed by atoms with Gasteiger partial charge in [-0.1, -0.05) is 6.58 Å². The van der Waals surface area contributed by atoms with E-state index in [0.29, 0.717) is 0 Å². The van der Waals surface area contributed by atoms with Crippen molar-refractivity contribution in [1.82, 2.24) is 0 Å². The molecule has 0 heterocycles. The first-order chi connectivity index (χ1) is 5.97. The molecule has 0 aromatic heterocycles. The Hall–Kier alpha value is -0.750. The number of allylic oxidation sites excluding steroid dienone is 1. The Bertz CT molecular complexity index is 215. The molecule has 7 heteroatoms. The molecule has 84 valence electrons. The lowest BCUT2D eigenvalue weighted by molar-refractivity contribution is -0.255. The maximum atomic E-state index is 12.4. The number of hydrogen-bond donors (Lipinski definition) is 0. The number of halogens is 7. The maximum absolute atomic E-state index is 12.4. The molecule has 1 atom stereocenters. The van der Waals surface area contributed by atoms with E-state index in [1.54, 1.807) is 0 Å². The zero-order valence-corrected chi connectivity index (χ0v) is 7.01. The molecule has 0 bridgehead atoms. The summed E-state index contributed by atoms with van der Waals surface area (Å²) in [4.78, 5) is 0. The van der Waals surface area contributed by atoms with E-state index in [1.165, 1.54) is 0 Å². The lowest BCUT2D eigenvalue weighted by Gasteiger charge is -2.29. The highest BCUT2D eigenvalue weighted by molar-refractivity contribution is 5.04. The summed E-state index contributed by atoms with van der Waals surface area (Å²) in [6.45, 7) is 2.12. The molecule has 0 N–H and O–H groups in total. The number of hydrogen-bond acceptors (Lipinski definition) is 0. The van der Waals surface area contributed by atoms with Crippen molar-refractivity contribution in [3.63, 3.8) is 0 Å². The van der Waals surface area contributed by atoms with Gasteiger partial charge >= 0.3 is 11.8 Å². The van der Waals surface area contributed by atoms with E-state index in [0.717, 1.165) is 0 Å². The van der Waals surface area contributed by atoms with Crippen molar-refractivity contribution in [3.05, 3.63) is 12.7 Å². The molecule has 0 aromatic carbocycles. The van der Waals surface area contributed by atoms with Crippen LogP contribution in [-0.2, 0) is 0 Å². The summed E-state index contributed by atoms with van der Waals surface area (Å²) >= 11 is 0. The van der Waals surface area contributed by atoms with Crippen LogP contribution in [0.1, 0.15) is 6.92 Å². The van der Waals surface area contributed by atoms with Gasteiger partial charge in [-0.3, -0.25) is 0 Å². The summed E-state index contributed by atoms with van der Waals surface area (Å²) in [5.74, 6) is -15.0. The van der Waals surface area contributed by atoms with E-state index in [1.807, 2.05) is 0 Å². The van der Waals surface area contributed by atoms with Crippen molar-refractivity contribution >= 4 is 0 Å². The summed E-state index contributed by atoms with van der Waals surface area (Å²) in [5.41, 5.74) is 0. The first-order valence-corrected chi connectivity index (χ1v) is 3.38. The van der Waals surface area contributed by atoms with Crippen LogP contribution in [0.2, 0.25) is 0 Å². The topological polar surface area (TPSA) is 0 Å². The van der Waals surface area contributed by atoms with Crippen LogP contribution >= 0.6 is 0 Å². The minimum atomic E-state index is -5.48. The zero-order valence-electron chi connectivity index (χ0n) is 7.01. The predicted octanol–water partition coefficient (Wildman–Crippen LogP) is 3.44. The van der Waals surface area contributed by atoms with E-state index in [-0.39, 0.29) is 6.92 Å². The molecule has 0 aliphatic heterocycles. The average Bonchev–Trinajstić information content (AvgIpc) is 2.01. The molecule has 0 aliphatic rings. The van der Waals surface area contributed by atoms with Gasteiger partial charge in [0.05, 0.1) is 0 Å². The second-order valence-corrected chi connectivity index (χ2v) is 2.77. The Kier molecular flexibility index (Phi) is 3.25. The van der Waals surface area contributed by atoms with Crippen molar-refractivity contribution < 1.29 is 30.7 Å². The van der Waals surface area contributed by atoms with Crippen LogP contribution in [0.25, 0.3) is 0 Å². The molecular formula is C7H7F7. The molecule has 14 heavy (non-hydrogen) atoms. The standard InChI is InChI=1S/C7H7F7/c1-3-6(11,12)7(13,14)4(8)5(2,9)10/h3-4H,1H2,2H3. The Morgan fingerprint density at radius 1 is 1.07 bits per heavy atom. The third-order valence-electron chi connectivity index (χ3n) is 1.46. The first kappa shape index (κ1) is 13.2. The molecular weight excluding hydrogens is 217 g/mol. The minimum Gasteiger partial charge on any atom is -0.234 e. The van der Waals surface area contributed by atoms with Crippen LogP contribution in [0, 0.1) is 0 Å². The van der Waals surface area contributed by atoms with Crippen LogP contribution in [0.5, 0.6) is 0 Å². The number of alkyl halides is 7. The van der Waals surface area contributed by atoms with Crippen LogP contribution in [0.15, 0.2) is 12.7 Å². The van der Waals surface area contributed by atoms with Crippen molar-refractivity contribution in [2.24, 2.45) is 0 Å². The van der Waals surface area contributed by atoms with Gasteiger partial charge in [0.2, 0.25) is 6.17 Å². The molecule has 0 spiro atoms. The summed E-state index contributed by atoms with van der Waals surface area (Å²) in [6, 6.07) is 0. The van der Waals surface area contributed by atoms with Gasteiger partial charge in [-0.05, 0) is 6.08 Å². The zero-order chi connectivity index (χ0) is 11.8. The van der Waals surface area contributed by atoms with Crippen molar-refractivity contribution in [2.45, 2.75) is 30.9 Å². The molecule has 0 nitrogen and oxygen atoms in total. The molecule has 0 saturated carbocycles. The van der Waals surface area contributed by atoms with E-state index >= 15 is 0 Å². The molecule has 0 fully saturated rings. The third kappa shape index (κ3) is 2.19. The van der Waals surface area contributed by atoms with Gasteiger partial charge in [0.15, 0.2) is 0 Å². The Morgan fingerprint density at radius 3 is 1.64 bits per heavy atom. The predicted molar refractivity (Wildman–Crippen MR) is 35.6 cm³/mol. The highest BCUT2D eigenvalue weighted by Crippen LogP contribution is 2.44. The lowest BCUT2D eigenvalue weighted by atomic mass is 10.0. The van der Waals surface area contributed by atoms with Gasteiger partial charge in [0.1, 0.15) is 0 Å². The largest absolute Gasteiger partial charge is 0.350 e. The van der Waals surface area contributed by atoms with Crippen LogP contribution in [-0.4, -0.2) is 23.9 Å². The molecule has 0 amide bonds. The molecule has 1 unspecified atom stereocenters. The van der Waals surface area contributed by atoms with Gasteiger partial charge in [0.25, 0.3) is 5.92 Å². The third-order valence-corrected chi connectivity index (χ3v) is 1.46. The summed E-state index contributed by atoms with van der Waals surface area (Å²) < 4.78 is 85.8. The average molecular weight is 224 g/mol. The van der Waals surface area contributed by atoms with Crippen LogP contribution in [0.4, 0.5) is 30.7 Å². The fourth-order valence-corrected chi connectivity index (χ4v) is 0.623. The van der Waals surface area contributed by atoms with Gasteiger partial charge in [0, 0.05) is 6.92 Å². The molecule has 0 saturated heterocycles. The first-order valence-electron chi connectivity index (χ1n) is 3.38. The molecule has 0 rings (SSSR count). The maximum Gasteiger partial charge on any atom is 0.350 e. The number of rotatable bonds is 4. The van der Waals surface area contributed by atoms with Crippen molar-refractivity contribution in [2.75, 3.05) is 0 Å². The highest BCUT2D eigenvalue weighted by Gasteiger charge is 2.66. The Balaban J connectivity index is 5.06. The van der Waals surface area contributed by atoms with Crippen molar-refractivity contribution in [3.8, 4) is 0 Å². The molecule has 0 radical (unpaired) electrons. The Morgan fingerprint density at radius 2 is 1.43 bits per heavy atom. The summed E-state index contributed by atoms with van der Waals surface area (Å²) in [6.07, 6.45) is -4.83. The highest BCUT2D eigenvalue weighted by atomic mass is 19.3. The minimum absolute atomic E-state index is 0.204. The summed E-state index contributed by atoms with van der Waals surface area (Å²) in [7, 11) is 0. The van der Waals surface area contributed by atoms with Gasteiger partial charge in [-0.2, -0.15) is 17.6 Å². The lowest BCUT2D eigenvalue weighted by Crippen LogP contribution is -2.53. The smallest absolute Gasteiger partial charge is 0.234 e. The molecule has 0 aromatic rings. The van der Waals surface area contributed by atoms with E-state index in [4.69, 9.17) is 0 Å². The second-order valence-electron chi connectivity index (χ2n) is 2.77. The fraction of sp³-hybridized carbons (Fsp3) is 0.714. The van der Waals surface area contributed by atoms with Crippen molar-refractivity contribution in [1.29, 1.82) is 0 Å². The Labute approximate surface area is 75.4 Å². The normalized spacial score (nSPS) is 16.6. The van der Waals surface area contributed by atoms with E-state index in [9.17, 15) is 30.7 Å². The monoisotopic (exact) mass is 224 g/mol. The van der Waals surface area contributed by atoms with Gasteiger partial charge in [-0.15, -0.1) is 0 Å². The van der Waals surface area contributed by atoms with Crippen LogP contribution in [0.3, 0.4) is 0 Å². The quantitative estimate of drug-likeness (QED) is 0.506.